The molecule has 5 heterocycles. The van der Waals surface area contributed by atoms with Crippen molar-refractivity contribution in [2.24, 2.45) is 0 Å². The van der Waals surface area contributed by atoms with Gasteiger partial charge in [0.2, 0.25) is 5.88 Å². The Balaban J connectivity index is 1.14. The summed E-state index contributed by atoms with van der Waals surface area (Å²) in [5, 5.41) is 10.3. The van der Waals surface area contributed by atoms with Crippen LogP contribution in [0.5, 0.6) is 0 Å². The lowest BCUT2D eigenvalue weighted by atomic mass is 10.1. The molecule has 11 heteroatoms. The lowest BCUT2D eigenvalue weighted by molar-refractivity contribution is 0.122. The standard InChI is InChI=1S/C25H22N8O3/c34-25(31-22-14-21(32-36-22)19-3-1-2-8-26-19)29-17-6-4-16(5-7-17)20-13-18-23(30-20)27-15-28-24(18)33-9-11-35-12-10-33/h1-8,13-15H,9-12H2,(H,27,28,30)(H2,29,31,34). The quantitative estimate of drug-likeness (QED) is 0.340. The highest BCUT2D eigenvalue weighted by atomic mass is 16.5. The molecule has 0 radical (unpaired) electrons. The molecule has 1 fully saturated rings. The summed E-state index contributed by atoms with van der Waals surface area (Å²) >= 11 is 0. The summed E-state index contributed by atoms with van der Waals surface area (Å²) in [6.07, 6.45) is 3.24. The first kappa shape index (κ1) is 21.7. The number of anilines is 3. The first-order valence-electron chi connectivity index (χ1n) is 11.5. The number of carbonyl (C=O) groups excluding carboxylic acids is 1. The number of amides is 2. The third-order valence-corrected chi connectivity index (χ3v) is 5.84. The molecule has 11 nitrogen and oxygen atoms in total. The molecule has 1 saturated heterocycles. The number of rotatable bonds is 5. The molecule has 2 amide bonds. The minimum Gasteiger partial charge on any atom is -0.378 e. The van der Waals surface area contributed by atoms with Crippen LogP contribution in [0.25, 0.3) is 33.7 Å². The van der Waals surface area contributed by atoms with Crippen LogP contribution in [0.15, 0.2) is 71.6 Å². The highest BCUT2D eigenvalue weighted by Crippen LogP contribution is 2.29. The van der Waals surface area contributed by atoms with Gasteiger partial charge in [0.1, 0.15) is 23.5 Å². The first-order valence-corrected chi connectivity index (χ1v) is 11.5. The highest BCUT2D eigenvalue weighted by Gasteiger charge is 2.17. The van der Waals surface area contributed by atoms with Crippen LogP contribution in [-0.4, -0.2) is 57.4 Å². The average molecular weight is 483 g/mol. The SMILES string of the molecule is O=C(Nc1ccc(-c2cc3c(N4CCOCC4)ncnc3[nH]2)cc1)Nc1cc(-c2ccccn2)no1. The molecule has 6 rings (SSSR count). The van der Waals surface area contributed by atoms with E-state index in [9.17, 15) is 4.79 Å². The van der Waals surface area contributed by atoms with E-state index >= 15 is 0 Å². The summed E-state index contributed by atoms with van der Waals surface area (Å²) in [7, 11) is 0. The summed E-state index contributed by atoms with van der Waals surface area (Å²) in [6.45, 7) is 2.97. The molecule has 5 aromatic rings. The molecule has 0 unspecified atom stereocenters. The van der Waals surface area contributed by atoms with Crippen molar-refractivity contribution < 1.29 is 14.1 Å². The Labute approximate surface area is 205 Å². The Hall–Kier alpha value is -4.77. The van der Waals surface area contributed by atoms with E-state index in [2.05, 4.69) is 46.7 Å². The molecule has 1 aromatic carbocycles. The number of aromatic nitrogens is 5. The number of urea groups is 1. The maximum Gasteiger partial charge on any atom is 0.326 e. The minimum atomic E-state index is -0.442. The molecule has 0 atom stereocenters. The highest BCUT2D eigenvalue weighted by molar-refractivity contribution is 5.99. The van der Waals surface area contributed by atoms with Gasteiger partial charge >= 0.3 is 6.03 Å². The van der Waals surface area contributed by atoms with Crippen LogP contribution < -0.4 is 15.5 Å². The van der Waals surface area contributed by atoms with Gasteiger partial charge in [-0.1, -0.05) is 23.4 Å². The van der Waals surface area contributed by atoms with E-state index in [1.54, 1.807) is 18.6 Å². The van der Waals surface area contributed by atoms with Crippen molar-refractivity contribution in [2.75, 3.05) is 41.8 Å². The molecule has 0 bridgehead atoms. The van der Waals surface area contributed by atoms with E-state index in [-0.39, 0.29) is 5.88 Å². The molecule has 0 spiro atoms. The number of hydrogen-bond acceptors (Lipinski definition) is 8. The van der Waals surface area contributed by atoms with Gasteiger partial charge in [-0.2, -0.15) is 0 Å². The van der Waals surface area contributed by atoms with Gasteiger partial charge in [-0.25, -0.2) is 14.8 Å². The molecule has 3 N–H and O–H groups in total. The van der Waals surface area contributed by atoms with E-state index in [0.717, 1.165) is 41.2 Å². The maximum absolute atomic E-state index is 12.4. The molecule has 1 aliphatic heterocycles. The molecule has 36 heavy (non-hydrogen) atoms. The van der Waals surface area contributed by atoms with Gasteiger partial charge in [0.05, 0.1) is 24.3 Å². The first-order chi connectivity index (χ1) is 17.7. The number of nitrogens with zero attached hydrogens (tertiary/aromatic N) is 5. The third kappa shape index (κ3) is 4.46. The van der Waals surface area contributed by atoms with E-state index in [1.165, 1.54) is 0 Å². The molecule has 4 aromatic heterocycles. The normalized spacial score (nSPS) is 13.6. The van der Waals surface area contributed by atoms with Crippen LogP contribution in [0.2, 0.25) is 0 Å². The summed E-state index contributed by atoms with van der Waals surface area (Å²) in [5.41, 5.74) is 4.48. The molecule has 180 valence electrons. The Kier molecular flexibility index (Phi) is 5.72. The van der Waals surface area contributed by atoms with Crippen LogP contribution in [0.4, 0.5) is 22.2 Å². The van der Waals surface area contributed by atoms with Gasteiger partial charge in [-0.05, 0) is 35.9 Å². The molecule has 0 saturated carbocycles. The number of H-pyrrole nitrogens is 1. The second-order valence-corrected chi connectivity index (χ2v) is 8.19. The van der Waals surface area contributed by atoms with Gasteiger partial charge in [0.15, 0.2) is 0 Å². The maximum atomic E-state index is 12.4. The van der Waals surface area contributed by atoms with E-state index in [4.69, 9.17) is 9.26 Å². The second-order valence-electron chi connectivity index (χ2n) is 8.19. The predicted octanol–water partition coefficient (Wildman–Crippen LogP) is 4.16. The van der Waals surface area contributed by atoms with Gasteiger partial charge in [0.25, 0.3) is 0 Å². The van der Waals surface area contributed by atoms with E-state index < -0.39 is 6.03 Å². The zero-order valence-electron chi connectivity index (χ0n) is 19.1. The van der Waals surface area contributed by atoms with Crippen molar-refractivity contribution in [3.63, 3.8) is 0 Å². The molecule has 0 aliphatic carbocycles. The molecular weight excluding hydrogens is 460 g/mol. The lowest BCUT2D eigenvalue weighted by Crippen LogP contribution is -2.36. The number of aromatic amines is 1. The number of morpholine rings is 1. The minimum absolute atomic E-state index is 0.222. The van der Waals surface area contributed by atoms with Crippen molar-refractivity contribution >= 4 is 34.5 Å². The Morgan fingerprint density at radius 3 is 2.61 bits per heavy atom. The number of fused-ring (bicyclic) bond motifs is 1. The lowest BCUT2D eigenvalue weighted by Gasteiger charge is -2.27. The van der Waals surface area contributed by atoms with Crippen molar-refractivity contribution in [1.82, 2.24) is 25.1 Å². The van der Waals surface area contributed by atoms with Gasteiger partial charge in [-0.3, -0.25) is 10.3 Å². The van der Waals surface area contributed by atoms with Gasteiger partial charge in [-0.15, -0.1) is 0 Å². The molecular formula is C25H22N8O3. The largest absolute Gasteiger partial charge is 0.378 e. The second kappa shape index (κ2) is 9.47. The molecule has 1 aliphatic rings. The fourth-order valence-corrected chi connectivity index (χ4v) is 4.09. The van der Waals surface area contributed by atoms with Crippen LogP contribution in [0, 0.1) is 0 Å². The van der Waals surface area contributed by atoms with Crippen LogP contribution in [0.3, 0.4) is 0 Å². The number of benzene rings is 1. The fourth-order valence-electron chi connectivity index (χ4n) is 4.09. The van der Waals surface area contributed by atoms with Gasteiger partial charge in [0, 0.05) is 36.7 Å². The number of pyridine rings is 1. The smallest absolute Gasteiger partial charge is 0.326 e. The zero-order chi connectivity index (χ0) is 24.3. The number of nitrogens with one attached hydrogen (secondary N) is 3. The zero-order valence-corrected chi connectivity index (χ0v) is 19.1. The Bertz CT molecular complexity index is 1490. The Morgan fingerprint density at radius 1 is 0.944 bits per heavy atom. The van der Waals surface area contributed by atoms with Crippen LogP contribution >= 0.6 is 0 Å². The summed E-state index contributed by atoms with van der Waals surface area (Å²) in [4.78, 5) is 31.1. The van der Waals surface area contributed by atoms with Gasteiger partial charge < -0.3 is 24.5 Å². The number of hydrogen-bond donors (Lipinski definition) is 3. The summed E-state index contributed by atoms with van der Waals surface area (Å²) < 4.78 is 10.7. The van der Waals surface area contributed by atoms with Crippen molar-refractivity contribution in [1.29, 1.82) is 0 Å². The number of carbonyl (C=O) groups is 1. The summed E-state index contributed by atoms with van der Waals surface area (Å²) in [6, 6.07) is 16.2. The monoisotopic (exact) mass is 482 g/mol. The average Bonchev–Trinajstić information content (AvgIpc) is 3.57. The van der Waals surface area contributed by atoms with Crippen molar-refractivity contribution in [3.8, 4) is 22.6 Å². The summed E-state index contributed by atoms with van der Waals surface area (Å²) in [5.74, 6) is 1.12. The topological polar surface area (TPSA) is 134 Å². The van der Waals surface area contributed by atoms with E-state index in [1.807, 2.05) is 42.5 Å². The third-order valence-electron chi connectivity index (χ3n) is 5.84. The fraction of sp³-hybridized carbons (Fsp3) is 0.160. The van der Waals surface area contributed by atoms with Crippen molar-refractivity contribution in [3.05, 3.63) is 67.1 Å². The van der Waals surface area contributed by atoms with Crippen LogP contribution in [0.1, 0.15) is 0 Å². The van der Waals surface area contributed by atoms with Crippen LogP contribution in [-0.2, 0) is 4.74 Å². The predicted molar refractivity (Wildman–Crippen MR) is 135 cm³/mol. The number of ether oxygens (including phenoxy) is 1. The Morgan fingerprint density at radius 2 is 1.81 bits per heavy atom. The van der Waals surface area contributed by atoms with Crippen molar-refractivity contribution in [2.45, 2.75) is 0 Å². The van der Waals surface area contributed by atoms with E-state index in [0.29, 0.717) is 30.3 Å².